The zero-order valence-corrected chi connectivity index (χ0v) is 16.4. The minimum absolute atomic E-state index is 0.0590. The Balaban J connectivity index is 2.05. The molecular weight excluding hydrogens is 386 g/mol. The number of sulfone groups is 1. The van der Waals surface area contributed by atoms with Crippen LogP contribution in [0.15, 0.2) is 38.4 Å². The normalized spacial score (nSPS) is 17.8. The van der Waals surface area contributed by atoms with Crippen LogP contribution in [0.2, 0.25) is 5.02 Å². The van der Waals surface area contributed by atoms with E-state index in [-0.39, 0.29) is 15.8 Å². The average molecular weight is 404 g/mol. The van der Waals surface area contributed by atoms with E-state index in [1.807, 2.05) is 0 Å². The Morgan fingerprint density at radius 3 is 2.42 bits per heavy atom. The van der Waals surface area contributed by atoms with Crippen LogP contribution in [0.4, 0.5) is 0 Å². The van der Waals surface area contributed by atoms with E-state index in [4.69, 9.17) is 11.6 Å². The van der Waals surface area contributed by atoms with E-state index in [9.17, 15) is 13.0 Å². The lowest BCUT2D eigenvalue weighted by molar-refractivity contribution is 0.441. The Bertz CT molecular complexity index is 810. The number of benzene rings is 1. The van der Waals surface area contributed by atoms with E-state index in [0.29, 0.717) is 9.23 Å². The first-order valence-corrected chi connectivity index (χ1v) is 12.0. The molecule has 1 atom stereocenters. The second kappa shape index (κ2) is 7.33. The predicted octanol–water partition coefficient (Wildman–Crippen LogP) is 4.41. The number of aromatic nitrogens is 1. The lowest BCUT2D eigenvalue weighted by Crippen LogP contribution is -2.09. The minimum Gasteiger partial charge on any atom is -0.611 e. The largest absolute Gasteiger partial charge is 0.611 e. The summed E-state index contributed by atoms with van der Waals surface area (Å²) in [5, 5.41) is 1.21. The molecule has 0 amide bonds. The molecule has 24 heavy (non-hydrogen) atoms. The van der Waals surface area contributed by atoms with Crippen LogP contribution in [0.25, 0.3) is 0 Å². The summed E-state index contributed by atoms with van der Waals surface area (Å²) in [7, 11) is -3.80. The highest BCUT2D eigenvalue weighted by atomic mass is 35.5. The standard InChI is InChI=1S/C16H18ClNO3S3/c1-23(19)16-15(18-14(22-16)11-5-3-2-4-6-11)24(20,21)13-9-7-12(17)8-10-13/h7-11H,2-6H2,1H3. The van der Waals surface area contributed by atoms with E-state index < -0.39 is 21.0 Å². The molecule has 1 aliphatic rings. The van der Waals surface area contributed by atoms with Gasteiger partial charge >= 0.3 is 0 Å². The molecule has 2 aromatic rings. The Kier molecular flexibility index (Phi) is 5.56. The number of nitrogens with zero attached hydrogens (tertiary/aromatic N) is 1. The van der Waals surface area contributed by atoms with Gasteiger partial charge in [0.15, 0.2) is 0 Å². The third kappa shape index (κ3) is 3.65. The van der Waals surface area contributed by atoms with Crippen molar-refractivity contribution in [2.45, 2.75) is 52.2 Å². The van der Waals surface area contributed by atoms with Crippen molar-refractivity contribution in [3.05, 3.63) is 34.3 Å². The number of rotatable bonds is 4. The minimum atomic E-state index is -3.80. The Morgan fingerprint density at radius 2 is 1.83 bits per heavy atom. The first-order valence-electron chi connectivity index (χ1n) is 7.74. The Hall–Kier alpha value is -0.600. The van der Waals surface area contributed by atoms with E-state index in [1.165, 1.54) is 48.3 Å². The van der Waals surface area contributed by atoms with Gasteiger partial charge in [0.2, 0.25) is 19.1 Å². The van der Waals surface area contributed by atoms with Gasteiger partial charge in [-0.15, -0.1) is 0 Å². The monoisotopic (exact) mass is 403 g/mol. The van der Waals surface area contributed by atoms with Gasteiger partial charge in [-0.1, -0.05) is 42.2 Å². The van der Waals surface area contributed by atoms with Crippen LogP contribution in [-0.2, 0) is 21.0 Å². The molecule has 0 spiro atoms. The van der Waals surface area contributed by atoms with Crippen LogP contribution in [0.5, 0.6) is 0 Å². The molecule has 3 rings (SSSR count). The molecule has 130 valence electrons. The van der Waals surface area contributed by atoms with Crippen molar-refractivity contribution in [2.24, 2.45) is 0 Å². The molecule has 8 heteroatoms. The third-order valence-electron chi connectivity index (χ3n) is 4.18. The van der Waals surface area contributed by atoms with Gasteiger partial charge in [-0.05, 0) is 48.3 Å². The van der Waals surface area contributed by atoms with Crippen molar-refractivity contribution in [2.75, 3.05) is 6.26 Å². The van der Waals surface area contributed by atoms with Crippen LogP contribution in [0.1, 0.15) is 43.0 Å². The van der Waals surface area contributed by atoms with Gasteiger partial charge in [0, 0.05) is 10.9 Å². The van der Waals surface area contributed by atoms with Crippen LogP contribution in [0.3, 0.4) is 0 Å². The van der Waals surface area contributed by atoms with Crippen molar-refractivity contribution in [3.63, 3.8) is 0 Å². The SMILES string of the molecule is C[S+]([O-])c1sc(C2CCCCC2)nc1S(=O)(=O)c1ccc(Cl)cc1. The number of hydrogen-bond donors (Lipinski definition) is 0. The van der Waals surface area contributed by atoms with Gasteiger partial charge in [0.1, 0.15) is 11.3 Å². The maximum atomic E-state index is 12.9. The topological polar surface area (TPSA) is 70.1 Å². The summed E-state index contributed by atoms with van der Waals surface area (Å²) in [5.74, 6) is 0.278. The molecule has 0 bridgehead atoms. The number of halogens is 1. The van der Waals surface area contributed by atoms with E-state index in [2.05, 4.69) is 4.98 Å². The van der Waals surface area contributed by atoms with Gasteiger partial charge in [-0.2, -0.15) is 0 Å². The van der Waals surface area contributed by atoms with Crippen LogP contribution in [0, 0.1) is 0 Å². The highest BCUT2D eigenvalue weighted by molar-refractivity contribution is 7.95. The molecule has 1 unspecified atom stereocenters. The second-order valence-electron chi connectivity index (χ2n) is 5.89. The van der Waals surface area contributed by atoms with Crippen molar-refractivity contribution < 1.29 is 13.0 Å². The van der Waals surface area contributed by atoms with Gasteiger partial charge in [-0.25, -0.2) is 13.4 Å². The van der Waals surface area contributed by atoms with Crippen molar-refractivity contribution in [3.8, 4) is 0 Å². The molecular formula is C16H18ClNO3S3. The zero-order chi connectivity index (χ0) is 17.3. The maximum absolute atomic E-state index is 12.9. The average Bonchev–Trinajstić information content (AvgIpc) is 3.02. The first kappa shape index (κ1) is 18.2. The molecule has 0 saturated heterocycles. The molecule has 0 radical (unpaired) electrons. The molecule has 0 N–H and O–H groups in total. The van der Waals surface area contributed by atoms with Crippen molar-refractivity contribution in [1.29, 1.82) is 0 Å². The Labute approximate surface area is 154 Å². The fraction of sp³-hybridized carbons (Fsp3) is 0.438. The van der Waals surface area contributed by atoms with Gasteiger partial charge in [0.05, 0.1) is 4.90 Å². The van der Waals surface area contributed by atoms with Crippen molar-refractivity contribution >= 4 is 44.0 Å². The molecule has 1 aromatic heterocycles. The highest BCUT2D eigenvalue weighted by Gasteiger charge is 2.33. The summed E-state index contributed by atoms with van der Waals surface area (Å²) >= 11 is 5.72. The van der Waals surface area contributed by atoms with Crippen LogP contribution >= 0.6 is 22.9 Å². The fourth-order valence-corrected chi connectivity index (χ4v) is 7.26. The summed E-state index contributed by atoms with van der Waals surface area (Å²) in [5.41, 5.74) is 0. The first-order chi connectivity index (χ1) is 11.4. The quantitative estimate of drug-likeness (QED) is 0.708. The van der Waals surface area contributed by atoms with Gasteiger partial charge in [0.25, 0.3) is 0 Å². The summed E-state index contributed by atoms with van der Waals surface area (Å²) in [6.45, 7) is 0. The molecule has 1 aliphatic carbocycles. The van der Waals surface area contributed by atoms with Crippen molar-refractivity contribution in [1.82, 2.24) is 4.98 Å². The molecule has 4 nitrogen and oxygen atoms in total. The smallest absolute Gasteiger partial charge is 0.246 e. The molecule has 0 aliphatic heterocycles. The van der Waals surface area contributed by atoms with Crippen LogP contribution < -0.4 is 0 Å². The fourth-order valence-electron chi connectivity index (χ4n) is 2.91. The summed E-state index contributed by atoms with van der Waals surface area (Å²) in [4.78, 5) is 4.55. The van der Waals surface area contributed by atoms with Crippen LogP contribution in [-0.4, -0.2) is 24.2 Å². The summed E-state index contributed by atoms with van der Waals surface area (Å²) in [6, 6.07) is 5.98. The Morgan fingerprint density at radius 1 is 1.21 bits per heavy atom. The molecule has 1 fully saturated rings. The second-order valence-corrected chi connectivity index (χ2v) is 10.8. The van der Waals surface area contributed by atoms with Gasteiger partial charge < -0.3 is 4.55 Å². The molecule has 1 heterocycles. The van der Waals surface area contributed by atoms with Gasteiger partial charge in [-0.3, -0.25) is 0 Å². The number of hydrogen-bond acceptors (Lipinski definition) is 5. The third-order valence-corrected chi connectivity index (χ3v) is 9.07. The van der Waals surface area contributed by atoms with E-state index in [1.54, 1.807) is 0 Å². The highest BCUT2D eigenvalue weighted by Crippen LogP contribution is 2.39. The summed E-state index contributed by atoms with van der Waals surface area (Å²) in [6.07, 6.45) is 7.01. The lowest BCUT2D eigenvalue weighted by Gasteiger charge is -2.18. The van der Waals surface area contributed by atoms with E-state index >= 15 is 0 Å². The summed E-state index contributed by atoms with van der Waals surface area (Å²) < 4.78 is 38.3. The lowest BCUT2D eigenvalue weighted by atomic mass is 9.90. The predicted molar refractivity (Wildman–Crippen MR) is 97.2 cm³/mol. The molecule has 1 aromatic carbocycles. The van der Waals surface area contributed by atoms with E-state index in [0.717, 1.165) is 30.7 Å². The number of thiazole rings is 1. The zero-order valence-electron chi connectivity index (χ0n) is 13.2. The maximum Gasteiger partial charge on any atom is 0.246 e. The molecule has 1 saturated carbocycles.